The van der Waals surface area contributed by atoms with E-state index in [9.17, 15) is 0 Å². The highest BCUT2D eigenvalue weighted by Crippen LogP contribution is 2.16. The largest absolute Gasteiger partial charge is 0.351 e. The van der Waals surface area contributed by atoms with Gasteiger partial charge < -0.3 is 4.57 Å². The van der Waals surface area contributed by atoms with Crippen LogP contribution in [-0.2, 0) is 7.05 Å². The van der Waals surface area contributed by atoms with Crippen molar-refractivity contribution in [3.63, 3.8) is 0 Å². The third-order valence-electron chi connectivity index (χ3n) is 2.00. The first-order chi connectivity index (χ1) is 5.38. The molecule has 1 aromatic rings. The molecule has 1 heteroatoms. The minimum Gasteiger partial charge on any atom is -0.351 e. The zero-order chi connectivity index (χ0) is 7.68. The second-order valence-electron chi connectivity index (χ2n) is 2.81. The molecule has 0 saturated heterocycles. The lowest BCUT2D eigenvalue weighted by molar-refractivity contribution is 0.914. The number of allylic oxidation sites excluding steroid dienone is 2. The first-order valence-corrected chi connectivity index (χ1v) is 3.86. The van der Waals surface area contributed by atoms with Crippen LogP contribution in [0.2, 0.25) is 0 Å². The van der Waals surface area contributed by atoms with E-state index in [0.29, 0.717) is 0 Å². The molecule has 0 bridgehead atoms. The molecule has 11 heavy (non-hydrogen) atoms. The molecule has 1 heterocycles. The Morgan fingerprint density at radius 3 is 3.00 bits per heavy atom. The van der Waals surface area contributed by atoms with Crippen LogP contribution in [-0.4, -0.2) is 4.57 Å². The van der Waals surface area contributed by atoms with Gasteiger partial charge in [0, 0.05) is 18.9 Å². The van der Waals surface area contributed by atoms with Crippen molar-refractivity contribution in [2.24, 2.45) is 7.05 Å². The molecule has 0 radical (unpaired) electrons. The van der Waals surface area contributed by atoms with E-state index in [-0.39, 0.29) is 0 Å². The Hall–Kier alpha value is -1.24. The molecule has 1 aromatic heterocycles. The number of aromatic nitrogens is 1. The number of fused-ring (bicyclic) bond motifs is 1. The maximum atomic E-state index is 2.18. The van der Waals surface area contributed by atoms with E-state index in [0.717, 1.165) is 6.42 Å². The predicted octanol–water partition coefficient (Wildman–Crippen LogP) is 2.46. The van der Waals surface area contributed by atoms with Gasteiger partial charge in [-0.2, -0.15) is 0 Å². The zero-order valence-electron chi connectivity index (χ0n) is 6.62. The summed E-state index contributed by atoms with van der Waals surface area (Å²) in [7, 11) is 2.07. The standard InChI is InChI=1S/C10H11N/c1-11-8-7-9-5-3-2-4-6-10(9)11/h3-8H,2H2,1H3. The van der Waals surface area contributed by atoms with E-state index in [4.69, 9.17) is 0 Å². The maximum absolute atomic E-state index is 2.18. The molecule has 0 unspecified atom stereocenters. The molecular weight excluding hydrogens is 134 g/mol. The summed E-state index contributed by atoms with van der Waals surface area (Å²) in [6, 6.07) is 2.14. The predicted molar refractivity (Wildman–Crippen MR) is 48.1 cm³/mol. The average Bonchev–Trinajstić information content (AvgIpc) is 2.25. The molecule has 1 aliphatic carbocycles. The molecule has 0 saturated carbocycles. The second kappa shape index (κ2) is 2.42. The lowest BCUT2D eigenvalue weighted by Crippen LogP contribution is -1.88. The van der Waals surface area contributed by atoms with Crippen molar-refractivity contribution < 1.29 is 0 Å². The van der Waals surface area contributed by atoms with Crippen molar-refractivity contribution >= 4 is 12.2 Å². The molecule has 56 valence electrons. The normalized spacial score (nSPS) is 14.6. The first-order valence-electron chi connectivity index (χ1n) is 3.86. The lowest BCUT2D eigenvalue weighted by Gasteiger charge is -1.96. The van der Waals surface area contributed by atoms with Crippen LogP contribution in [0, 0.1) is 0 Å². The molecule has 0 aromatic carbocycles. The molecule has 1 nitrogen and oxygen atoms in total. The smallest absolute Gasteiger partial charge is 0.0474 e. The summed E-state index contributed by atoms with van der Waals surface area (Å²) in [5.41, 5.74) is 2.63. The van der Waals surface area contributed by atoms with Gasteiger partial charge in [-0.1, -0.05) is 18.2 Å². The molecule has 0 spiro atoms. The summed E-state index contributed by atoms with van der Waals surface area (Å²) < 4.78 is 2.14. The van der Waals surface area contributed by atoms with Gasteiger partial charge in [-0.15, -0.1) is 0 Å². The summed E-state index contributed by atoms with van der Waals surface area (Å²) in [6.07, 6.45) is 11.9. The first kappa shape index (κ1) is 6.47. The van der Waals surface area contributed by atoms with E-state index in [1.165, 1.54) is 11.3 Å². The van der Waals surface area contributed by atoms with Crippen LogP contribution in [0.5, 0.6) is 0 Å². The molecule has 0 aliphatic heterocycles. The van der Waals surface area contributed by atoms with Crippen LogP contribution >= 0.6 is 0 Å². The summed E-state index contributed by atoms with van der Waals surface area (Å²) in [5, 5.41) is 0. The van der Waals surface area contributed by atoms with Crippen molar-refractivity contribution in [3.8, 4) is 0 Å². The van der Waals surface area contributed by atoms with Crippen molar-refractivity contribution in [3.05, 3.63) is 35.7 Å². The maximum Gasteiger partial charge on any atom is 0.0474 e. The van der Waals surface area contributed by atoms with Crippen molar-refractivity contribution in [2.75, 3.05) is 0 Å². The number of nitrogens with zero attached hydrogens (tertiary/aromatic N) is 1. The average molecular weight is 145 g/mol. The Balaban J connectivity index is 2.60. The fourth-order valence-corrected chi connectivity index (χ4v) is 1.37. The van der Waals surface area contributed by atoms with Gasteiger partial charge in [-0.3, -0.25) is 0 Å². The Kier molecular flexibility index (Phi) is 1.42. The van der Waals surface area contributed by atoms with Gasteiger partial charge in [0.15, 0.2) is 0 Å². The van der Waals surface area contributed by atoms with Crippen LogP contribution in [0.15, 0.2) is 24.4 Å². The monoisotopic (exact) mass is 145 g/mol. The second-order valence-corrected chi connectivity index (χ2v) is 2.81. The van der Waals surface area contributed by atoms with E-state index in [1.807, 2.05) is 0 Å². The van der Waals surface area contributed by atoms with Crippen molar-refractivity contribution in [2.45, 2.75) is 6.42 Å². The molecule has 0 fully saturated rings. The SMILES string of the molecule is Cn1ccc2c1C=CCC=C2. The van der Waals surface area contributed by atoms with Crippen LogP contribution < -0.4 is 0 Å². The van der Waals surface area contributed by atoms with Crippen molar-refractivity contribution in [1.82, 2.24) is 4.57 Å². The number of hydrogen-bond acceptors (Lipinski definition) is 0. The minimum atomic E-state index is 1.05. The fraction of sp³-hybridized carbons (Fsp3) is 0.200. The van der Waals surface area contributed by atoms with E-state index in [1.54, 1.807) is 0 Å². The van der Waals surface area contributed by atoms with Crippen LogP contribution in [0.1, 0.15) is 17.7 Å². The van der Waals surface area contributed by atoms with E-state index in [2.05, 4.69) is 48.2 Å². The van der Waals surface area contributed by atoms with Gasteiger partial charge in [-0.05, 0) is 24.1 Å². The summed E-state index contributed by atoms with van der Waals surface area (Å²) in [6.45, 7) is 0. The number of hydrogen-bond donors (Lipinski definition) is 0. The Labute approximate surface area is 66.7 Å². The van der Waals surface area contributed by atoms with Gasteiger partial charge in [0.05, 0.1) is 0 Å². The number of rotatable bonds is 0. The molecule has 0 amide bonds. The van der Waals surface area contributed by atoms with Gasteiger partial charge in [-0.25, -0.2) is 0 Å². The van der Waals surface area contributed by atoms with Crippen LogP contribution in [0.25, 0.3) is 12.2 Å². The summed E-state index contributed by atoms with van der Waals surface area (Å²) in [4.78, 5) is 0. The molecular formula is C10H11N. The third kappa shape index (κ3) is 1.03. The Morgan fingerprint density at radius 1 is 1.27 bits per heavy atom. The highest BCUT2D eigenvalue weighted by molar-refractivity contribution is 5.65. The van der Waals surface area contributed by atoms with Gasteiger partial charge >= 0.3 is 0 Å². The molecule has 1 aliphatic rings. The highest BCUT2D eigenvalue weighted by atomic mass is 14.9. The third-order valence-corrected chi connectivity index (χ3v) is 2.00. The zero-order valence-corrected chi connectivity index (χ0v) is 6.62. The molecule has 2 rings (SSSR count). The topological polar surface area (TPSA) is 4.93 Å². The lowest BCUT2D eigenvalue weighted by atomic mass is 10.2. The minimum absolute atomic E-state index is 1.05. The fourth-order valence-electron chi connectivity index (χ4n) is 1.37. The summed E-state index contributed by atoms with van der Waals surface area (Å²) in [5.74, 6) is 0. The van der Waals surface area contributed by atoms with Gasteiger partial charge in [0.2, 0.25) is 0 Å². The Bertz CT molecular complexity index is 316. The van der Waals surface area contributed by atoms with Crippen LogP contribution in [0.3, 0.4) is 0 Å². The van der Waals surface area contributed by atoms with Gasteiger partial charge in [0.25, 0.3) is 0 Å². The molecule has 0 N–H and O–H groups in total. The quantitative estimate of drug-likeness (QED) is 0.528. The van der Waals surface area contributed by atoms with Gasteiger partial charge in [0.1, 0.15) is 0 Å². The van der Waals surface area contributed by atoms with Crippen molar-refractivity contribution in [1.29, 1.82) is 0 Å². The van der Waals surface area contributed by atoms with Crippen LogP contribution in [0.4, 0.5) is 0 Å². The number of aryl methyl sites for hydroxylation is 1. The van der Waals surface area contributed by atoms with E-state index >= 15 is 0 Å². The Morgan fingerprint density at radius 2 is 2.09 bits per heavy atom. The van der Waals surface area contributed by atoms with E-state index < -0.39 is 0 Å². The highest BCUT2D eigenvalue weighted by Gasteiger charge is 2.00. The summed E-state index contributed by atoms with van der Waals surface area (Å²) >= 11 is 0. The molecule has 0 atom stereocenters.